The van der Waals surface area contributed by atoms with Crippen LogP contribution in [0.2, 0.25) is 5.02 Å². The lowest BCUT2D eigenvalue weighted by Crippen LogP contribution is -2.16. The van der Waals surface area contributed by atoms with Crippen LogP contribution in [0.3, 0.4) is 0 Å². The molecular formula is C23H21ClN2O5. The highest BCUT2D eigenvalue weighted by molar-refractivity contribution is 6.32. The predicted molar refractivity (Wildman–Crippen MR) is 119 cm³/mol. The maximum absolute atomic E-state index is 12.4. The summed E-state index contributed by atoms with van der Waals surface area (Å²) in [5.41, 5.74) is 3.61. The van der Waals surface area contributed by atoms with Gasteiger partial charge in [-0.25, -0.2) is 5.43 Å². The second-order valence-electron chi connectivity index (χ2n) is 6.20. The minimum atomic E-state index is -0.490. The molecule has 31 heavy (non-hydrogen) atoms. The van der Waals surface area contributed by atoms with Gasteiger partial charge in [-0.15, -0.1) is 6.42 Å². The Morgan fingerprint density at radius 1 is 1.19 bits per heavy atom. The molecule has 1 amide bonds. The van der Waals surface area contributed by atoms with Crippen molar-refractivity contribution < 1.29 is 23.4 Å². The number of carbonyl (C=O) groups excluding carboxylic acids is 1. The van der Waals surface area contributed by atoms with Crippen molar-refractivity contribution in [3.63, 3.8) is 0 Å². The molecule has 160 valence electrons. The van der Waals surface area contributed by atoms with E-state index in [0.29, 0.717) is 46.6 Å². The molecule has 0 aliphatic heterocycles. The molecule has 0 fully saturated rings. The number of hydrogen-bond acceptors (Lipinski definition) is 6. The Kier molecular flexibility index (Phi) is 7.41. The lowest BCUT2D eigenvalue weighted by Gasteiger charge is -2.12. The van der Waals surface area contributed by atoms with Crippen molar-refractivity contribution in [1.82, 2.24) is 5.43 Å². The van der Waals surface area contributed by atoms with Crippen LogP contribution in [-0.2, 0) is 0 Å². The van der Waals surface area contributed by atoms with Gasteiger partial charge in [0, 0.05) is 5.39 Å². The lowest BCUT2D eigenvalue weighted by atomic mass is 10.2. The number of benzene rings is 2. The van der Waals surface area contributed by atoms with Crippen LogP contribution in [0.25, 0.3) is 11.0 Å². The number of ether oxygens (including phenoxy) is 3. The summed E-state index contributed by atoms with van der Waals surface area (Å²) >= 11 is 6.28. The first-order valence-electron chi connectivity index (χ1n) is 9.58. The third-order valence-corrected chi connectivity index (χ3v) is 4.31. The van der Waals surface area contributed by atoms with Crippen molar-refractivity contribution in [2.24, 2.45) is 5.10 Å². The van der Waals surface area contributed by atoms with Gasteiger partial charge in [-0.1, -0.05) is 17.5 Å². The van der Waals surface area contributed by atoms with Crippen molar-refractivity contribution in [2.75, 3.05) is 19.8 Å². The van der Waals surface area contributed by atoms with E-state index in [2.05, 4.69) is 16.4 Å². The first kappa shape index (κ1) is 22.1. The van der Waals surface area contributed by atoms with Crippen LogP contribution < -0.4 is 19.6 Å². The molecule has 0 radical (unpaired) electrons. The van der Waals surface area contributed by atoms with E-state index in [-0.39, 0.29) is 12.4 Å². The Morgan fingerprint density at radius 2 is 2.00 bits per heavy atom. The van der Waals surface area contributed by atoms with Crippen LogP contribution in [0.1, 0.15) is 30.0 Å². The van der Waals surface area contributed by atoms with E-state index in [0.717, 1.165) is 5.39 Å². The van der Waals surface area contributed by atoms with E-state index < -0.39 is 5.91 Å². The summed E-state index contributed by atoms with van der Waals surface area (Å²) in [5.74, 6) is 3.52. The summed E-state index contributed by atoms with van der Waals surface area (Å²) in [4.78, 5) is 12.4. The number of amides is 1. The molecule has 2 aromatic carbocycles. The standard InChI is InChI=1S/C23H21ClN2O5/c1-4-9-30-22-18(24)10-15(11-20(22)29-6-3)14-25-26-23(27)21-13-16-12-17(28-5-2)7-8-19(16)31-21/h1,7-8,10-14H,5-6,9H2,2-3H3,(H,26,27). The van der Waals surface area contributed by atoms with Crippen LogP contribution in [0, 0.1) is 12.3 Å². The third-order valence-electron chi connectivity index (χ3n) is 4.03. The molecule has 0 aliphatic carbocycles. The smallest absolute Gasteiger partial charge is 0.307 e. The average Bonchev–Trinajstić information content (AvgIpc) is 3.17. The molecular weight excluding hydrogens is 420 g/mol. The molecule has 0 saturated carbocycles. The van der Waals surface area contributed by atoms with Gasteiger partial charge in [-0.3, -0.25) is 4.79 Å². The van der Waals surface area contributed by atoms with Gasteiger partial charge >= 0.3 is 5.91 Å². The van der Waals surface area contributed by atoms with E-state index in [9.17, 15) is 4.79 Å². The van der Waals surface area contributed by atoms with E-state index in [1.54, 1.807) is 30.3 Å². The van der Waals surface area contributed by atoms with Crippen molar-refractivity contribution in [2.45, 2.75) is 13.8 Å². The molecule has 8 heteroatoms. The fourth-order valence-electron chi connectivity index (χ4n) is 2.79. The normalized spacial score (nSPS) is 10.8. The molecule has 3 aromatic rings. The number of carbonyl (C=O) groups is 1. The van der Waals surface area contributed by atoms with Gasteiger partial charge in [0.25, 0.3) is 0 Å². The maximum atomic E-state index is 12.4. The molecule has 7 nitrogen and oxygen atoms in total. The van der Waals surface area contributed by atoms with Crippen LogP contribution in [0.4, 0.5) is 0 Å². The Morgan fingerprint density at radius 3 is 2.74 bits per heavy atom. The van der Waals surface area contributed by atoms with Crippen LogP contribution in [-0.4, -0.2) is 31.9 Å². The zero-order valence-corrected chi connectivity index (χ0v) is 17.9. The third kappa shape index (κ3) is 5.50. The Bertz CT molecular complexity index is 1150. The van der Waals surface area contributed by atoms with E-state index in [1.807, 2.05) is 19.9 Å². The van der Waals surface area contributed by atoms with Crippen LogP contribution >= 0.6 is 11.6 Å². The van der Waals surface area contributed by atoms with Gasteiger partial charge in [0.2, 0.25) is 0 Å². The molecule has 1 N–H and O–H groups in total. The van der Waals surface area contributed by atoms with Crippen molar-refractivity contribution in [3.8, 4) is 29.6 Å². The van der Waals surface area contributed by atoms with Gasteiger partial charge in [0.15, 0.2) is 17.3 Å². The van der Waals surface area contributed by atoms with Gasteiger partial charge < -0.3 is 18.6 Å². The predicted octanol–water partition coefficient (Wildman–Crippen LogP) is 4.66. The summed E-state index contributed by atoms with van der Waals surface area (Å²) in [6.45, 7) is 4.77. The summed E-state index contributed by atoms with van der Waals surface area (Å²) in [7, 11) is 0. The monoisotopic (exact) mass is 440 g/mol. The molecule has 0 atom stereocenters. The summed E-state index contributed by atoms with van der Waals surface area (Å²) in [5, 5.41) is 5.05. The van der Waals surface area contributed by atoms with Gasteiger partial charge in [0.05, 0.1) is 24.5 Å². The second-order valence-corrected chi connectivity index (χ2v) is 6.61. The Hall–Kier alpha value is -3.63. The van der Waals surface area contributed by atoms with Crippen LogP contribution in [0.5, 0.6) is 17.2 Å². The average molecular weight is 441 g/mol. The Balaban J connectivity index is 1.73. The largest absolute Gasteiger partial charge is 0.494 e. The number of furan rings is 1. The quantitative estimate of drug-likeness (QED) is 0.297. The SMILES string of the molecule is C#CCOc1c(Cl)cc(C=NNC(=O)c2cc3cc(OCC)ccc3o2)cc1OCC. The second kappa shape index (κ2) is 10.4. The molecule has 0 aliphatic rings. The molecule has 0 unspecified atom stereocenters. The first-order chi connectivity index (χ1) is 15.0. The maximum Gasteiger partial charge on any atom is 0.307 e. The zero-order valence-electron chi connectivity index (χ0n) is 17.1. The van der Waals surface area contributed by atoms with Gasteiger partial charge in [-0.2, -0.15) is 5.10 Å². The molecule has 1 aromatic heterocycles. The highest BCUT2D eigenvalue weighted by Crippen LogP contribution is 2.36. The fourth-order valence-corrected chi connectivity index (χ4v) is 3.06. The fraction of sp³-hybridized carbons (Fsp3) is 0.217. The van der Waals surface area contributed by atoms with Gasteiger partial charge in [-0.05, 0) is 55.8 Å². The topological polar surface area (TPSA) is 82.3 Å². The molecule has 3 rings (SSSR count). The molecule has 1 heterocycles. The number of nitrogens with zero attached hydrogens (tertiary/aromatic N) is 1. The number of fused-ring (bicyclic) bond motifs is 1. The first-order valence-corrected chi connectivity index (χ1v) is 9.95. The van der Waals surface area contributed by atoms with Crippen molar-refractivity contribution in [3.05, 3.63) is 52.7 Å². The number of hydrogen-bond donors (Lipinski definition) is 1. The minimum Gasteiger partial charge on any atom is -0.494 e. The van der Waals surface area contributed by atoms with Crippen LogP contribution in [0.15, 0.2) is 45.9 Å². The summed E-state index contributed by atoms with van der Waals surface area (Å²) in [6.07, 6.45) is 6.67. The zero-order chi connectivity index (χ0) is 22.2. The highest BCUT2D eigenvalue weighted by atomic mass is 35.5. The van der Waals surface area contributed by atoms with Crippen molar-refractivity contribution >= 4 is 34.7 Å². The van der Waals surface area contributed by atoms with E-state index in [4.69, 9.17) is 36.7 Å². The number of nitrogens with one attached hydrogen (secondary N) is 1. The van der Waals surface area contributed by atoms with E-state index >= 15 is 0 Å². The number of terminal acetylenes is 1. The number of hydrazone groups is 1. The van der Waals surface area contributed by atoms with Crippen molar-refractivity contribution in [1.29, 1.82) is 0 Å². The van der Waals surface area contributed by atoms with E-state index in [1.165, 1.54) is 6.21 Å². The lowest BCUT2D eigenvalue weighted by molar-refractivity contribution is 0.0929. The number of halogens is 1. The Labute approximate surface area is 184 Å². The summed E-state index contributed by atoms with van der Waals surface area (Å²) in [6, 6.07) is 10.3. The molecule has 0 spiro atoms. The highest BCUT2D eigenvalue weighted by Gasteiger charge is 2.14. The minimum absolute atomic E-state index is 0.0624. The number of rotatable bonds is 9. The summed E-state index contributed by atoms with van der Waals surface area (Å²) < 4.78 is 22.0. The molecule has 0 saturated heterocycles. The van der Waals surface area contributed by atoms with Gasteiger partial charge in [0.1, 0.15) is 17.9 Å². The molecule has 0 bridgehead atoms.